The van der Waals surface area contributed by atoms with Gasteiger partial charge in [0.25, 0.3) is 5.91 Å². The van der Waals surface area contributed by atoms with Crippen LogP contribution in [0.3, 0.4) is 0 Å². The van der Waals surface area contributed by atoms with E-state index in [1.165, 1.54) is 12.1 Å². The van der Waals surface area contributed by atoms with Crippen molar-refractivity contribution in [2.24, 2.45) is 5.92 Å². The normalized spacial score (nSPS) is 19.6. The van der Waals surface area contributed by atoms with Crippen LogP contribution in [0.2, 0.25) is 0 Å². The monoisotopic (exact) mass is 236 g/mol. The average Bonchev–Trinajstić information content (AvgIpc) is 2.80. The Morgan fingerprint density at radius 2 is 2.35 bits per heavy atom. The van der Waals surface area contributed by atoms with Gasteiger partial charge in [-0.3, -0.25) is 4.79 Å². The zero-order valence-electron chi connectivity index (χ0n) is 9.95. The fraction of sp³-hybridized carbons (Fsp3) is 0.462. The zero-order chi connectivity index (χ0) is 12.4. The minimum absolute atomic E-state index is 0.0782. The molecule has 0 saturated carbocycles. The topological polar surface area (TPSA) is 46.3 Å². The lowest BCUT2D eigenvalue weighted by Gasteiger charge is -2.16. The van der Waals surface area contributed by atoms with E-state index < -0.39 is 5.82 Å². The molecule has 1 amide bonds. The molecule has 4 heteroatoms. The highest BCUT2D eigenvalue weighted by atomic mass is 19.1. The summed E-state index contributed by atoms with van der Waals surface area (Å²) in [4.78, 5) is 13.9. The lowest BCUT2D eigenvalue weighted by atomic mass is 10.1. The first-order valence-electron chi connectivity index (χ1n) is 5.96. The molecule has 1 saturated heterocycles. The van der Waals surface area contributed by atoms with Gasteiger partial charge in [-0.25, -0.2) is 4.39 Å². The molecule has 3 nitrogen and oxygen atoms in total. The van der Waals surface area contributed by atoms with Gasteiger partial charge in [0.15, 0.2) is 0 Å². The Labute approximate surface area is 100 Å². The standard InChI is InChI=1S/C13H17FN2O/c1-2-9-5-6-16(8-9)13(17)10-3-4-12(15)11(14)7-10/h3-4,7,9H,2,5-6,8,15H2,1H3. The molecule has 0 aliphatic carbocycles. The third-order valence-corrected chi connectivity index (χ3v) is 3.40. The number of nitrogens with zero attached hydrogens (tertiary/aromatic N) is 1. The van der Waals surface area contributed by atoms with E-state index in [4.69, 9.17) is 5.73 Å². The number of rotatable bonds is 2. The molecule has 92 valence electrons. The molecule has 1 heterocycles. The van der Waals surface area contributed by atoms with E-state index >= 15 is 0 Å². The van der Waals surface area contributed by atoms with Crippen LogP contribution in [0.4, 0.5) is 10.1 Å². The highest BCUT2D eigenvalue weighted by molar-refractivity contribution is 5.94. The van der Waals surface area contributed by atoms with Crippen molar-refractivity contribution in [2.45, 2.75) is 19.8 Å². The summed E-state index contributed by atoms with van der Waals surface area (Å²) in [6, 6.07) is 4.24. The average molecular weight is 236 g/mol. The van der Waals surface area contributed by atoms with Crippen molar-refractivity contribution < 1.29 is 9.18 Å². The van der Waals surface area contributed by atoms with Crippen LogP contribution in [0.5, 0.6) is 0 Å². The second-order valence-electron chi connectivity index (χ2n) is 4.55. The summed E-state index contributed by atoms with van der Waals surface area (Å²) >= 11 is 0. The lowest BCUT2D eigenvalue weighted by Crippen LogP contribution is -2.28. The number of anilines is 1. The fourth-order valence-corrected chi connectivity index (χ4v) is 2.19. The van der Waals surface area contributed by atoms with Gasteiger partial charge in [-0.05, 0) is 30.5 Å². The maximum atomic E-state index is 13.3. The highest BCUT2D eigenvalue weighted by Gasteiger charge is 2.25. The van der Waals surface area contributed by atoms with Crippen molar-refractivity contribution in [2.75, 3.05) is 18.8 Å². The van der Waals surface area contributed by atoms with Crippen LogP contribution in [-0.2, 0) is 0 Å². The number of nitrogen functional groups attached to an aromatic ring is 1. The van der Waals surface area contributed by atoms with Gasteiger partial charge in [-0.15, -0.1) is 0 Å². The van der Waals surface area contributed by atoms with Gasteiger partial charge < -0.3 is 10.6 Å². The van der Waals surface area contributed by atoms with E-state index in [1.54, 1.807) is 11.0 Å². The number of hydrogen-bond acceptors (Lipinski definition) is 2. The summed E-state index contributed by atoms with van der Waals surface area (Å²) in [6.07, 6.45) is 2.12. The van der Waals surface area contributed by atoms with Crippen LogP contribution in [0, 0.1) is 11.7 Å². The Bertz CT molecular complexity index is 433. The predicted octanol–water partition coefficient (Wildman–Crippen LogP) is 2.28. The summed E-state index contributed by atoms with van der Waals surface area (Å²) in [5.41, 5.74) is 5.85. The van der Waals surface area contributed by atoms with Gasteiger partial charge in [0.1, 0.15) is 5.82 Å². The largest absolute Gasteiger partial charge is 0.396 e. The van der Waals surface area contributed by atoms with Gasteiger partial charge in [0.2, 0.25) is 0 Å². The van der Waals surface area contributed by atoms with Crippen LogP contribution in [0.25, 0.3) is 0 Å². The summed E-state index contributed by atoms with van der Waals surface area (Å²) in [7, 11) is 0. The molecule has 1 aliphatic rings. The molecule has 0 bridgehead atoms. The number of amides is 1. The van der Waals surface area contributed by atoms with Gasteiger partial charge >= 0.3 is 0 Å². The molecule has 1 fully saturated rings. The van der Waals surface area contributed by atoms with Gasteiger partial charge in [0.05, 0.1) is 5.69 Å². The van der Waals surface area contributed by atoms with Crippen molar-refractivity contribution in [3.05, 3.63) is 29.6 Å². The van der Waals surface area contributed by atoms with E-state index in [2.05, 4.69) is 6.92 Å². The summed E-state index contributed by atoms with van der Waals surface area (Å²) < 4.78 is 13.3. The number of hydrogen-bond donors (Lipinski definition) is 1. The number of carbonyl (C=O) groups excluding carboxylic acids is 1. The molecule has 0 radical (unpaired) electrons. The van der Waals surface area contributed by atoms with Crippen LogP contribution in [0.1, 0.15) is 30.1 Å². The maximum absolute atomic E-state index is 13.3. The number of benzene rings is 1. The minimum atomic E-state index is -0.526. The zero-order valence-corrected chi connectivity index (χ0v) is 9.95. The lowest BCUT2D eigenvalue weighted by molar-refractivity contribution is 0.0786. The Kier molecular flexibility index (Phi) is 3.31. The molecule has 1 aromatic rings. The van der Waals surface area contributed by atoms with Gasteiger partial charge in [-0.2, -0.15) is 0 Å². The molecule has 0 aromatic heterocycles. The van der Waals surface area contributed by atoms with Crippen molar-refractivity contribution in [3.8, 4) is 0 Å². The number of likely N-dealkylation sites (tertiary alicyclic amines) is 1. The van der Waals surface area contributed by atoms with E-state index in [0.29, 0.717) is 11.5 Å². The summed E-state index contributed by atoms with van der Waals surface area (Å²) in [6.45, 7) is 3.67. The maximum Gasteiger partial charge on any atom is 0.253 e. The minimum Gasteiger partial charge on any atom is -0.396 e. The summed E-state index contributed by atoms with van der Waals surface area (Å²) in [5.74, 6) is -0.0421. The molecule has 0 spiro atoms. The Morgan fingerprint density at radius 3 is 2.94 bits per heavy atom. The van der Waals surface area contributed by atoms with E-state index in [9.17, 15) is 9.18 Å². The van der Waals surface area contributed by atoms with Crippen LogP contribution in [-0.4, -0.2) is 23.9 Å². The number of halogens is 1. The molecule has 2 N–H and O–H groups in total. The smallest absolute Gasteiger partial charge is 0.253 e. The van der Waals surface area contributed by atoms with Crippen molar-refractivity contribution in [3.63, 3.8) is 0 Å². The number of nitrogens with two attached hydrogens (primary N) is 1. The second-order valence-corrected chi connectivity index (χ2v) is 4.55. The fourth-order valence-electron chi connectivity index (χ4n) is 2.19. The van der Waals surface area contributed by atoms with Crippen molar-refractivity contribution in [1.29, 1.82) is 0 Å². The first-order valence-corrected chi connectivity index (χ1v) is 5.96. The van der Waals surface area contributed by atoms with E-state index in [-0.39, 0.29) is 11.6 Å². The molecule has 17 heavy (non-hydrogen) atoms. The Balaban J connectivity index is 2.12. The quantitative estimate of drug-likeness (QED) is 0.801. The van der Waals surface area contributed by atoms with Crippen molar-refractivity contribution >= 4 is 11.6 Å². The van der Waals surface area contributed by atoms with Crippen molar-refractivity contribution in [1.82, 2.24) is 4.90 Å². The highest BCUT2D eigenvalue weighted by Crippen LogP contribution is 2.22. The number of carbonyl (C=O) groups is 1. The van der Waals surface area contributed by atoms with Crippen LogP contribution in [0.15, 0.2) is 18.2 Å². The van der Waals surface area contributed by atoms with Gasteiger partial charge in [-0.1, -0.05) is 13.3 Å². The van der Waals surface area contributed by atoms with E-state index in [0.717, 1.165) is 25.9 Å². The molecular formula is C13H17FN2O. The first kappa shape index (κ1) is 11.9. The molecule has 2 rings (SSSR count). The summed E-state index contributed by atoms with van der Waals surface area (Å²) in [5, 5.41) is 0. The Hall–Kier alpha value is -1.58. The predicted molar refractivity (Wildman–Crippen MR) is 65.1 cm³/mol. The molecule has 1 atom stereocenters. The van der Waals surface area contributed by atoms with Crippen LogP contribution < -0.4 is 5.73 Å². The molecule has 1 aliphatic heterocycles. The second kappa shape index (κ2) is 4.73. The molecular weight excluding hydrogens is 219 g/mol. The SMILES string of the molecule is CCC1CCN(C(=O)c2ccc(N)c(F)c2)C1. The molecule has 1 unspecified atom stereocenters. The third kappa shape index (κ3) is 2.40. The molecule has 1 aromatic carbocycles. The Morgan fingerprint density at radius 1 is 1.59 bits per heavy atom. The van der Waals surface area contributed by atoms with Crippen LogP contribution >= 0.6 is 0 Å². The van der Waals surface area contributed by atoms with E-state index in [1.807, 2.05) is 0 Å². The third-order valence-electron chi connectivity index (χ3n) is 3.40. The van der Waals surface area contributed by atoms with Gasteiger partial charge in [0, 0.05) is 18.7 Å². The first-order chi connectivity index (χ1) is 8.11.